The van der Waals surface area contributed by atoms with Crippen LogP contribution in [0.4, 0.5) is 5.69 Å². The summed E-state index contributed by atoms with van der Waals surface area (Å²) < 4.78 is 11.9. The lowest BCUT2D eigenvalue weighted by Crippen LogP contribution is -2.25. The first kappa shape index (κ1) is 22.7. The van der Waals surface area contributed by atoms with E-state index in [4.69, 9.17) is 9.47 Å². The lowest BCUT2D eigenvalue weighted by atomic mass is 10.0. The van der Waals surface area contributed by atoms with Crippen LogP contribution in [0.1, 0.15) is 21.6 Å². The largest absolute Gasteiger partial charge is 0.497 e. The lowest BCUT2D eigenvalue weighted by Gasteiger charge is -2.14. The van der Waals surface area contributed by atoms with Crippen molar-refractivity contribution in [2.45, 2.75) is 13.5 Å². The number of hydrogen-bond acceptors (Lipinski definition) is 6. The fraction of sp³-hybridized carbons (Fsp3) is 0.154. The van der Waals surface area contributed by atoms with E-state index in [1.54, 1.807) is 74.7 Å². The summed E-state index contributed by atoms with van der Waals surface area (Å²) in [5, 5.41) is 3.06. The van der Waals surface area contributed by atoms with Crippen LogP contribution >= 0.6 is 0 Å². The van der Waals surface area contributed by atoms with E-state index < -0.39 is 11.2 Å². The normalized spacial score (nSPS) is 10.7. The zero-order valence-electron chi connectivity index (χ0n) is 19.0. The van der Waals surface area contributed by atoms with Gasteiger partial charge in [0, 0.05) is 17.6 Å². The van der Waals surface area contributed by atoms with E-state index in [2.05, 4.69) is 10.3 Å². The smallest absolute Gasteiger partial charge is 0.244 e. The predicted octanol–water partition coefficient (Wildman–Crippen LogP) is 3.59. The number of pyridine rings is 2. The number of para-hydroxylation sites is 1. The van der Waals surface area contributed by atoms with Crippen molar-refractivity contribution in [2.75, 3.05) is 19.5 Å². The van der Waals surface area contributed by atoms with Crippen LogP contribution < -0.4 is 20.2 Å². The SMILES string of the molecule is COc1ccc(NC(=O)Cn2cc(C(=O)c3ccccc3OC)c(=O)c3ccc(C)nc32)cc1. The number of aromatic nitrogens is 2. The standard InChI is InChI=1S/C26H23N3O5/c1-16-8-13-20-25(32)21(24(31)19-6-4-5-7-22(19)34-3)14-29(26(20)27-16)15-23(30)28-17-9-11-18(33-2)12-10-17/h4-14H,15H2,1-3H3,(H,28,30). The minimum atomic E-state index is -0.491. The third-order valence-corrected chi connectivity index (χ3v) is 5.34. The Labute approximate surface area is 195 Å². The number of anilines is 1. The molecular weight excluding hydrogens is 434 g/mol. The van der Waals surface area contributed by atoms with Crippen molar-refractivity contribution in [1.82, 2.24) is 9.55 Å². The van der Waals surface area contributed by atoms with Gasteiger partial charge in [-0.25, -0.2) is 4.98 Å². The number of rotatable bonds is 7. The van der Waals surface area contributed by atoms with Gasteiger partial charge < -0.3 is 19.4 Å². The number of hydrogen-bond donors (Lipinski definition) is 1. The van der Waals surface area contributed by atoms with Crippen molar-refractivity contribution in [1.29, 1.82) is 0 Å². The van der Waals surface area contributed by atoms with Crippen molar-refractivity contribution in [3.8, 4) is 11.5 Å². The van der Waals surface area contributed by atoms with E-state index in [9.17, 15) is 14.4 Å². The fourth-order valence-electron chi connectivity index (χ4n) is 3.65. The number of aryl methyl sites for hydroxylation is 1. The molecule has 1 amide bonds. The molecule has 0 atom stereocenters. The monoisotopic (exact) mass is 457 g/mol. The molecular formula is C26H23N3O5. The lowest BCUT2D eigenvalue weighted by molar-refractivity contribution is -0.116. The molecule has 0 aliphatic rings. The molecule has 2 aromatic heterocycles. The second-order valence-electron chi connectivity index (χ2n) is 7.63. The Morgan fingerprint density at radius 1 is 0.941 bits per heavy atom. The molecule has 0 saturated heterocycles. The molecule has 8 nitrogen and oxygen atoms in total. The molecule has 0 aliphatic carbocycles. The summed E-state index contributed by atoms with van der Waals surface area (Å²) in [4.78, 5) is 43.8. The number of carbonyl (C=O) groups excluding carboxylic acids is 2. The highest BCUT2D eigenvalue weighted by atomic mass is 16.5. The summed E-state index contributed by atoms with van der Waals surface area (Å²) in [6, 6.07) is 16.9. The number of carbonyl (C=O) groups is 2. The Bertz CT molecular complexity index is 1440. The topological polar surface area (TPSA) is 99.5 Å². The number of benzene rings is 2. The summed E-state index contributed by atoms with van der Waals surface area (Å²) in [6.45, 7) is 1.64. The van der Waals surface area contributed by atoms with E-state index in [0.29, 0.717) is 28.5 Å². The molecule has 2 aromatic carbocycles. The molecule has 8 heteroatoms. The maximum absolute atomic E-state index is 13.3. The van der Waals surface area contributed by atoms with Crippen molar-refractivity contribution in [3.63, 3.8) is 0 Å². The third kappa shape index (κ3) is 4.52. The quantitative estimate of drug-likeness (QED) is 0.426. The van der Waals surface area contributed by atoms with Crippen molar-refractivity contribution in [2.24, 2.45) is 0 Å². The second kappa shape index (κ2) is 9.58. The first-order chi connectivity index (χ1) is 16.4. The van der Waals surface area contributed by atoms with E-state index >= 15 is 0 Å². The Morgan fingerprint density at radius 3 is 2.38 bits per heavy atom. The van der Waals surface area contributed by atoms with Crippen LogP contribution in [0, 0.1) is 6.92 Å². The molecule has 0 bridgehead atoms. The van der Waals surface area contributed by atoms with Crippen LogP contribution in [-0.2, 0) is 11.3 Å². The first-order valence-corrected chi connectivity index (χ1v) is 10.5. The van der Waals surface area contributed by atoms with Gasteiger partial charge in [0.25, 0.3) is 0 Å². The molecule has 0 aliphatic heterocycles. The molecule has 0 fully saturated rings. The highest BCUT2D eigenvalue weighted by molar-refractivity contribution is 6.11. The van der Waals surface area contributed by atoms with Gasteiger partial charge in [-0.1, -0.05) is 12.1 Å². The number of nitrogens with one attached hydrogen (secondary N) is 1. The maximum atomic E-state index is 13.3. The molecule has 2 heterocycles. The number of amides is 1. The van der Waals surface area contributed by atoms with Crippen LogP contribution in [-0.4, -0.2) is 35.5 Å². The molecule has 0 unspecified atom stereocenters. The molecule has 0 saturated carbocycles. The maximum Gasteiger partial charge on any atom is 0.244 e. The number of ketones is 1. The highest BCUT2D eigenvalue weighted by Gasteiger charge is 2.21. The van der Waals surface area contributed by atoms with E-state index in [0.717, 1.165) is 0 Å². The molecule has 4 rings (SSSR count). The van der Waals surface area contributed by atoms with E-state index in [1.807, 2.05) is 0 Å². The summed E-state index contributed by atoms with van der Waals surface area (Å²) >= 11 is 0. The van der Waals surface area contributed by atoms with Crippen molar-refractivity contribution in [3.05, 3.63) is 93.9 Å². The second-order valence-corrected chi connectivity index (χ2v) is 7.63. The summed E-state index contributed by atoms with van der Waals surface area (Å²) in [7, 11) is 3.02. The zero-order chi connectivity index (χ0) is 24.2. The fourth-order valence-corrected chi connectivity index (χ4v) is 3.65. The Hall–Kier alpha value is -4.46. The minimum Gasteiger partial charge on any atom is -0.497 e. The number of methoxy groups -OCH3 is 2. The molecule has 172 valence electrons. The van der Waals surface area contributed by atoms with Gasteiger partial charge in [0.2, 0.25) is 17.1 Å². The Kier molecular flexibility index (Phi) is 6.40. The average molecular weight is 457 g/mol. The number of ether oxygens (including phenoxy) is 2. The predicted molar refractivity (Wildman–Crippen MR) is 129 cm³/mol. The molecule has 0 radical (unpaired) electrons. The summed E-state index contributed by atoms with van der Waals surface area (Å²) in [6.07, 6.45) is 1.39. The van der Waals surface area contributed by atoms with Crippen molar-refractivity contribution >= 4 is 28.4 Å². The van der Waals surface area contributed by atoms with Gasteiger partial charge in [-0.3, -0.25) is 14.4 Å². The van der Waals surface area contributed by atoms with Crippen LogP contribution in [0.5, 0.6) is 11.5 Å². The highest BCUT2D eigenvalue weighted by Crippen LogP contribution is 2.21. The van der Waals surface area contributed by atoms with E-state index in [1.165, 1.54) is 17.9 Å². The van der Waals surface area contributed by atoms with Gasteiger partial charge in [-0.05, 0) is 55.5 Å². The number of fused-ring (bicyclic) bond motifs is 1. The van der Waals surface area contributed by atoms with Crippen LogP contribution in [0.15, 0.2) is 71.7 Å². The third-order valence-electron chi connectivity index (χ3n) is 5.34. The summed E-state index contributed by atoms with van der Waals surface area (Å²) in [5.74, 6) is 0.199. The minimum absolute atomic E-state index is 0.0695. The first-order valence-electron chi connectivity index (χ1n) is 10.5. The zero-order valence-corrected chi connectivity index (χ0v) is 19.0. The molecule has 0 spiro atoms. The van der Waals surface area contributed by atoms with Gasteiger partial charge in [0.1, 0.15) is 23.7 Å². The molecule has 4 aromatic rings. The van der Waals surface area contributed by atoms with Gasteiger partial charge >= 0.3 is 0 Å². The van der Waals surface area contributed by atoms with E-state index in [-0.39, 0.29) is 29.0 Å². The van der Waals surface area contributed by atoms with Crippen LogP contribution in [0.25, 0.3) is 11.0 Å². The van der Waals surface area contributed by atoms with Gasteiger partial charge in [0.05, 0.1) is 30.7 Å². The average Bonchev–Trinajstić information content (AvgIpc) is 2.85. The number of nitrogens with zero attached hydrogens (tertiary/aromatic N) is 2. The van der Waals surface area contributed by atoms with Crippen molar-refractivity contribution < 1.29 is 19.1 Å². The van der Waals surface area contributed by atoms with Gasteiger partial charge in [-0.2, -0.15) is 0 Å². The Balaban J connectivity index is 1.75. The molecule has 1 N–H and O–H groups in total. The van der Waals surface area contributed by atoms with Crippen LogP contribution in [0.3, 0.4) is 0 Å². The molecule has 34 heavy (non-hydrogen) atoms. The van der Waals surface area contributed by atoms with Gasteiger partial charge in [-0.15, -0.1) is 0 Å². The van der Waals surface area contributed by atoms with Crippen LogP contribution in [0.2, 0.25) is 0 Å². The van der Waals surface area contributed by atoms with Gasteiger partial charge in [0.15, 0.2) is 0 Å². The Morgan fingerprint density at radius 2 is 1.68 bits per heavy atom. The summed E-state index contributed by atoms with van der Waals surface area (Å²) in [5.41, 5.74) is 1.33.